The molecule has 3 aromatic rings. The summed E-state index contributed by atoms with van der Waals surface area (Å²) in [6, 6.07) is 18.6. The predicted octanol–water partition coefficient (Wildman–Crippen LogP) is 3.29. The molecule has 7 nitrogen and oxygen atoms in total. The summed E-state index contributed by atoms with van der Waals surface area (Å²) < 4.78 is 39.0. The number of rotatable bonds is 6. The van der Waals surface area contributed by atoms with Gasteiger partial charge in [-0.15, -0.1) is 0 Å². The summed E-state index contributed by atoms with van der Waals surface area (Å²) in [4.78, 5) is 26.9. The standard InChI is InChI=1S/C24H22FN3O4S/c1-27(33(31,32)21-12-8-19(25)9-13-21)16-23(29)26-20-10-6-18(7-11-20)24(30)28-15-14-17-4-2-3-5-22(17)28/h2-13H,14-16H2,1H3,(H,26,29). The SMILES string of the molecule is CN(CC(=O)Nc1ccc(C(=O)N2CCc3ccccc32)cc1)S(=O)(=O)c1ccc(F)cc1. The molecule has 0 atom stereocenters. The topological polar surface area (TPSA) is 86.8 Å². The zero-order chi connectivity index (χ0) is 23.6. The molecule has 0 saturated heterocycles. The molecule has 0 bridgehead atoms. The first kappa shape index (κ1) is 22.6. The Morgan fingerprint density at radius 3 is 2.36 bits per heavy atom. The Bertz CT molecular complexity index is 1290. The van der Waals surface area contributed by atoms with Crippen LogP contribution in [0.2, 0.25) is 0 Å². The van der Waals surface area contributed by atoms with Crippen molar-refractivity contribution in [1.29, 1.82) is 0 Å². The first-order valence-corrected chi connectivity index (χ1v) is 11.7. The van der Waals surface area contributed by atoms with Gasteiger partial charge in [0.2, 0.25) is 15.9 Å². The van der Waals surface area contributed by atoms with E-state index in [2.05, 4.69) is 5.32 Å². The van der Waals surface area contributed by atoms with E-state index in [1.807, 2.05) is 24.3 Å². The summed E-state index contributed by atoms with van der Waals surface area (Å²) in [5.41, 5.74) is 2.96. The maximum atomic E-state index is 13.1. The minimum Gasteiger partial charge on any atom is -0.325 e. The van der Waals surface area contributed by atoms with Crippen LogP contribution in [-0.2, 0) is 21.2 Å². The molecule has 170 valence electrons. The molecular formula is C24H22FN3O4S. The quantitative estimate of drug-likeness (QED) is 0.603. The van der Waals surface area contributed by atoms with E-state index in [1.165, 1.54) is 7.05 Å². The van der Waals surface area contributed by atoms with Crippen LogP contribution in [0.3, 0.4) is 0 Å². The number of sulfonamides is 1. The normalized spacial score (nSPS) is 13.1. The van der Waals surface area contributed by atoms with Crippen LogP contribution in [0, 0.1) is 5.82 Å². The molecule has 0 saturated carbocycles. The van der Waals surface area contributed by atoms with E-state index >= 15 is 0 Å². The maximum Gasteiger partial charge on any atom is 0.258 e. The predicted molar refractivity (Wildman–Crippen MR) is 123 cm³/mol. The van der Waals surface area contributed by atoms with E-state index in [4.69, 9.17) is 0 Å². The number of nitrogens with zero attached hydrogens (tertiary/aromatic N) is 2. The minimum atomic E-state index is -3.94. The zero-order valence-electron chi connectivity index (χ0n) is 17.9. The van der Waals surface area contributed by atoms with Crippen LogP contribution in [0.4, 0.5) is 15.8 Å². The number of anilines is 2. The molecule has 1 N–H and O–H groups in total. The number of carbonyl (C=O) groups is 2. The summed E-state index contributed by atoms with van der Waals surface area (Å²) in [6.07, 6.45) is 0.810. The van der Waals surface area contributed by atoms with Gasteiger partial charge in [0.15, 0.2) is 0 Å². The number of halogens is 1. The molecule has 2 amide bonds. The van der Waals surface area contributed by atoms with Crippen LogP contribution >= 0.6 is 0 Å². The molecule has 0 aliphatic carbocycles. The van der Waals surface area contributed by atoms with Gasteiger partial charge in [0.1, 0.15) is 5.82 Å². The molecule has 0 unspecified atom stereocenters. The number of fused-ring (bicyclic) bond motifs is 1. The second-order valence-electron chi connectivity index (χ2n) is 7.68. The van der Waals surface area contributed by atoms with Crippen LogP contribution in [0.1, 0.15) is 15.9 Å². The van der Waals surface area contributed by atoms with Crippen molar-refractivity contribution >= 4 is 33.2 Å². The van der Waals surface area contributed by atoms with Crippen LogP contribution in [0.15, 0.2) is 77.7 Å². The number of benzene rings is 3. The summed E-state index contributed by atoms with van der Waals surface area (Å²) in [5, 5.41) is 2.63. The Morgan fingerprint density at radius 2 is 1.67 bits per heavy atom. The fourth-order valence-electron chi connectivity index (χ4n) is 3.68. The second-order valence-corrected chi connectivity index (χ2v) is 9.72. The van der Waals surface area contributed by atoms with Crippen LogP contribution < -0.4 is 10.2 Å². The van der Waals surface area contributed by atoms with Crippen molar-refractivity contribution in [1.82, 2.24) is 4.31 Å². The second kappa shape index (κ2) is 9.13. The fraction of sp³-hybridized carbons (Fsp3) is 0.167. The highest BCUT2D eigenvalue weighted by molar-refractivity contribution is 7.89. The fourth-order valence-corrected chi connectivity index (χ4v) is 4.80. The molecule has 0 aromatic heterocycles. The summed E-state index contributed by atoms with van der Waals surface area (Å²) in [5.74, 6) is -1.22. The Labute approximate surface area is 191 Å². The van der Waals surface area contributed by atoms with E-state index in [1.54, 1.807) is 29.2 Å². The van der Waals surface area contributed by atoms with Gasteiger partial charge in [-0.25, -0.2) is 12.8 Å². The highest BCUT2D eigenvalue weighted by Crippen LogP contribution is 2.29. The number of hydrogen-bond acceptors (Lipinski definition) is 4. The van der Waals surface area contributed by atoms with E-state index in [0.29, 0.717) is 17.8 Å². The van der Waals surface area contributed by atoms with Crippen molar-refractivity contribution in [2.45, 2.75) is 11.3 Å². The third kappa shape index (κ3) is 4.79. The average molecular weight is 468 g/mol. The van der Waals surface area contributed by atoms with Crippen molar-refractivity contribution < 1.29 is 22.4 Å². The lowest BCUT2D eigenvalue weighted by Gasteiger charge is -2.18. The van der Waals surface area contributed by atoms with Crippen molar-refractivity contribution in [2.75, 3.05) is 30.4 Å². The van der Waals surface area contributed by atoms with Gasteiger partial charge in [0.05, 0.1) is 11.4 Å². The molecule has 1 aliphatic rings. The number of amides is 2. The Kier molecular flexibility index (Phi) is 6.26. The van der Waals surface area contributed by atoms with Gasteiger partial charge in [0, 0.05) is 30.5 Å². The molecule has 33 heavy (non-hydrogen) atoms. The van der Waals surface area contributed by atoms with E-state index in [9.17, 15) is 22.4 Å². The molecule has 3 aromatic carbocycles. The monoisotopic (exact) mass is 467 g/mol. The van der Waals surface area contributed by atoms with Gasteiger partial charge < -0.3 is 10.2 Å². The Morgan fingerprint density at radius 1 is 1.00 bits per heavy atom. The van der Waals surface area contributed by atoms with Gasteiger partial charge in [-0.05, 0) is 66.6 Å². The third-order valence-corrected chi connectivity index (χ3v) is 7.25. The number of hydrogen-bond donors (Lipinski definition) is 1. The maximum absolute atomic E-state index is 13.1. The van der Waals surface area contributed by atoms with Gasteiger partial charge in [0.25, 0.3) is 5.91 Å². The smallest absolute Gasteiger partial charge is 0.258 e. The molecule has 0 radical (unpaired) electrons. The third-order valence-electron chi connectivity index (χ3n) is 5.44. The molecule has 4 rings (SSSR count). The molecule has 1 heterocycles. The molecular weight excluding hydrogens is 445 g/mol. The van der Waals surface area contributed by atoms with Crippen LogP contribution in [0.5, 0.6) is 0 Å². The van der Waals surface area contributed by atoms with Gasteiger partial charge >= 0.3 is 0 Å². The highest BCUT2D eigenvalue weighted by atomic mass is 32.2. The highest BCUT2D eigenvalue weighted by Gasteiger charge is 2.25. The van der Waals surface area contributed by atoms with Crippen molar-refractivity contribution in [3.8, 4) is 0 Å². The minimum absolute atomic E-state index is 0.106. The lowest BCUT2D eigenvalue weighted by atomic mass is 10.1. The molecule has 1 aliphatic heterocycles. The zero-order valence-corrected chi connectivity index (χ0v) is 18.7. The van der Waals surface area contributed by atoms with Crippen LogP contribution in [0.25, 0.3) is 0 Å². The van der Waals surface area contributed by atoms with Gasteiger partial charge in [-0.1, -0.05) is 18.2 Å². The van der Waals surface area contributed by atoms with Crippen LogP contribution in [-0.4, -0.2) is 44.7 Å². The van der Waals surface area contributed by atoms with Gasteiger partial charge in [-0.2, -0.15) is 4.31 Å². The molecule has 9 heteroatoms. The number of nitrogens with one attached hydrogen (secondary N) is 1. The van der Waals surface area contributed by atoms with Crippen molar-refractivity contribution in [2.24, 2.45) is 0 Å². The van der Waals surface area contributed by atoms with Gasteiger partial charge in [-0.3, -0.25) is 9.59 Å². The first-order valence-electron chi connectivity index (χ1n) is 10.3. The summed E-state index contributed by atoms with van der Waals surface area (Å²) in [6.45, 7) is 0.191. The largest absolute Gasteiger partial charge is 0.325 e. The Balaban J connectivity index is 1.38. The summed E-state index contributed by atoms with van der Waals surface area (Å²) in [7, 11) is -2.67. The first-order chi connectivity index (χ1) is 15.8. The summed E-state index contributed by atoms with van der Waals surface area (Å²) >= 11 is 0. The Hall–Kier alpha value is -3.56. The average Bonchev–Trinajstić information content (AvgIpc) is 3.23. The molecule has 0 fully saturated rings. The van der Waals surface area contributed by atoms with E-state index in [-0.39, 0.29) is 10.8 Å². The van der Waals surface area contributed by atoms with Crippen molar-refractivity contribution in [3.05, 3.63) is 89.7 Å². The lowest BCUT2D eigenvalue weighted by molar-refractivity contribution is -0.116. The molecule has 0 spiro atoms. The van der Waals surface area contributed by atoms with E-state index in [0.717, 1.165) is 46.2 Å². The van der Waals surface area contributed by atoms with E-state index < -0.39 is 28.3 Å². The number of para-hydroxylation sites is 1. The van der Waals surface area contributed by atoms with Crippen molar-refractivity contribution in [3.63, 3.8) is 0 Å². The lowest BCUT2D eigenvalue weighted by Crippen LogP contribution is -2.35. The number of likely N-dealkylation sites (N-methyl/N-ethyl adjacent to an activating group) is 1. The number of carbonyl (C=O) groups excluding carboxylic acids is 2.